The van der Waals surface area contributed by atoms with Gasteiger partial charge in [0.05, 0.1) is 0 Å². The smallest absolute Gasteiger partial charge is 0.0127 e. The Morgan fingerprint density at radius 3 is 3.00 bits per heavy atom. The van der Waals surface area contributed by atoms with Crippen LogP contribution in [-0.2, 0) is 0 Å². The molecule has 0 radical (unpaired) electrons. The Labute approximate surface area is 69.0 Å². The number of hydrogen-bond acceptors (Lipinski definition) is 0. The molecule has 0 aromatic heterocycles. The molecule has 0 nitrogen and oxygen atoms in total. The summed E-state index contributed by atoms with van der Waals surface area (Å²) in [6.45, 7) is 4.69. The van der Waals surface area contributed by atoms with E-state index in [-0.39, 0.29) is 0 Å². The second-order valence-electron chi connectivity index (χ2n) is 4.05. The lowest BCUT2D eigenvalue weighted by atomic mass is 9.88. The molecule has 0 bridgehead atoms. The molecule has 0 aromatic carbocycles. The SMILES string of the molecule is CC(C)C1CCC2=C1CC=C2. The molecule has 0 aliphatic heterocycles. The van der Waals surface area contributed by atoms with Gasteiger partial charge in [0.2, 0.25) is 0 Å². The van der Waals surface area contributed by atoms with Crippen LogP contribution in [0.15, 0.2) is 23.3 Å². The van der Waals surface area contributed by atoms with E-state index in [0.29, 0.717) is 0 Å². The van der Waals surface area contributed by atoms with Crippen molar-refractivity contribution in [2.45, 2.75) is 33.1 Å². The van der Waals surface area contributed by atoms with E-state index in [1.807, 2.05) is 0 Å². The number of allylic oxidation sites excluding steroid dienone is 4. The molecular formula is C11H16. The molecule has 0 saturated carbocycles. The summed E-state index contributed by atoms with van der Waals surface area (Å²) in [7, 11) is 0. The first-order valence-electron chi connectivity index (χ1n) is 4.67. The third-order valence-electron chi connectivity index (χ3n) is 3.05. The van der Waals surface area contributed by atoms with Gasteiger partial charge in [-0.2, -0.15) is 0 Å². The predicted molar refractivity (Wildman–Crippen MR) is 48.3 cm³/mol. The van der Waals surface area contributed by atoms with E-state index in [9.17, 15) is 0 Å². The van der Waals surface area contributed by atoms with Crippen molar-refractivity contribution >= 4 is 0 Å². The van der Waals surface area contributed by atoms with E-state index in [2.05, 4.69) is 26.0 Å². The van der Waals surface area contributed by atoms with Crippen LogP contribution in [0.1, 0.15) is 33.1 Å². The van der Waals surface area contributed by atoms with Gasteiger partial charge >= 0.3 is 0 Å². The van der Waals surface area contributed by atoms with Gasteiger partial charge in [0.1, 0.15) is 0 Å². The van der Waals surface area contributed by atoms with Crippen molar-refractivity contribution in [2.75, 3.05) is 0 Å². The maximum Gasteiger partial charge on any atom is -0.0127 e. The average Bonchev–Trinajstić information content (AvgIpc) is 2.41. The van der Waals surface area contributed by atoms with Crippen molar-refractivity contribution < 1.29 is 0 Å². The van der Waals surface area contributed by atoms with Gasteiger partial charge in [0, 0.05) is 0 Å². The highest BCUT2D eigenvalue weighted by molar-refractivity contribution is 5.38. The maximum atomic E-state index is 2.35. The monoisotopic (exact) mass is 148 g/mol. The Hall–Kier alpha value is -0.520. The molecule has 0 N–H and O–H groups in total. The van der Waals surface area contributed by atoms with E-state index in [1.54, 1.807) is 11.1 Å². The summed E-state index contributed by atoms with van der Waals surface area (Å²) >= 11 is 0. The molecule has 0 saturated heterocycles. The van der Waals surface area contributed by atoms with Crippen molar-refractivity contribution in [3.05, 3.63) is 23.3 Å². The summed E-state index contributed by atoms with van der Waals surface area (Å²) in [5.41, 5.74) is 3.41. The highest BCUT2D eigenvalue weighted by atomic mass is 14.3. The molecule has 0 heteroatoms. The second kappa shape index (κ2) is 2.51. The molecule has 0 amide bonds. The first kappa shape index (κ1) is 7.15. The largest absolute Gasteiger partial charge is 0.0802 e. The summed E-state index contributed by atoms with van der Waals surface area (Å²) in [4.78, 5) is 0. The van der Waals surface area contributed by atoms with Crippen molar-refractivity contribution in [3.63, 3.8) is 0 Å². The van der Waals surface area contributed by atoms with Crippen LogP contribution < -0.4 is 0 Å². The van der Waals surface area contributed by atoms with E-state index >= 15 is 0 Å². The molecule has 0 heterocycles. The molecule has 2 aliphatic carbocycles. The highest BCUT2D eigenvalue weighted by Gasteiger charge is 2.27. The van der Waals surface area contributed by atoms with Crippen LogP contribution in [-0.4, -0.2) is 0 Å². The first-order valence-corrected chi connectivity index (χ1v) is 4.67. The fourth-order valence-electron chi connectivity index (χ4n) is 2.42. The third kappa shape index (κ3) is 1.05. The highest BCUT2D eigenvalue weighted by Crippen LogP contribution is 2.42. The topological polar surface area (TPSA) is 0 Å². The summed E-state index contributed by atoms with van der Waals surface area (Å²) in [5, 5.41) is 0. The minimum absolute atomic E-state index is 0.849. The molecule has 0 spiro atoms. The third-order valence-corrected chi connectivity index (χ3v) is 3.05. The lowest BCUT2D eigenvalue weighted by Crippen LogP contribution is -2.06. The second-order valence-corrected chi connectivity index (χ2v) is 4.05. The van der Waals surface area contributed by atoms with E-state index in [0.717, 1.165) is 11.8 Å². The van der Waals surface area contributed by atoms with Crippen LogP contribution in [0, 0.1) is 11.8 Å². The molecule has 1 unspecified atom stereocenters. The van der Waals surface area contributed by atoms with Gasteiger partial charge in [0.25, 0.3) is 0 Å². The fraction of sp³-hybridized carbons (Fsp3) is 0.636. The van der Waals surface area contributed by atoms with E-state index in [1.165, 1.54) is 19.3 Å². The number of rotatable bonds is 1. The summed E-state index contributed by atoms with van der Waals surface area (Å²) in [6, 6.07) is 0. The Morgan fingerprint density at radius 1 is 1.45 bits per heavy atom. The number of hydrogen-bond donors (Lipinski definition) is 0. The zero-order valence-electron chi connectivity index (χ0n) is 7.43. The average molecular weight is 148 g/mol. The van der Waals surface area contributed by atoms with Crippen LogP contribution in [0.2, 0.25) is 0 Å². The Kier molecular flexibility index (Phi) is 1.63. The molecule has 60 valence electrons. The van der Waals surface area contributed by atoms with Crippen molar-refractivity contribution in [2.24, 2.45) is 11.8 Å². The van der Waals surface area contributed by atoms with Crippen LogP contribution in [0.5, 0.6) is 0 Å². The van der Waals surface area contributed by atoms with Gasteiger partial charge in [-0.05, 0) is 36.7 Å². The molecule has 0 aromatic rings. The minimum atomic E-state index is 0.849. The lowest BCUT2D eigenvalue weighted by Gasteiger charge is -2.16. The molecule has 11 heavy (non-hydrogen) atoms. The quantitative estimate of drug-likeness (QED) is 0.535. The molecular weight excluding hydrogens is 132 g/mol. The predicted octanol–water partition coefficient (Wildman–Crippen LogP) is 3.31. The minimum Gasteiger partial charge on any atom is -0.0802 e. The standard InChI is InChI=1S/C11H16/c1-8(2)10-7-6-9-4-3-5-11(9)10/h3-4,8,10H,5-7H2,1-2H3. The van der Waals surface area contributed by atoms with Crippen LogP contribution in [0.3, 0.4) is 0 Å². The first-order chi connectivity index (χ1) is 5.29. The zero-order valence-corrected chi connectivity index (χ0v) is 7.43. The zero-order chi connectivity index (χ0) is 7.84. The molecule has 2 aliphatic rings. The van der Waals surface area contributed by atoms with Gasteiger partial charge in [-0.15, -0.1) is 0 Å². The van der Waals surface area contributed by atoms with Crippen molar-refractivity contribution in [1.29, 1.82) is 0 Å². The summed E-state index contributed by atoms with van der Waals surface area (Å²) < 4.78 is 0. The van der Waals surface area contributed by atoms with Gasteiger partial charge < -0.3 is 0 Å². The Bertz CT molecular complexity index is 218. The van der Waals surface area contributed by atoms with Crippen molar-refractivity contribution in [3.8, 4) is 0 Å². The van der Waals surface area contributed by atoms with Gasteiger partial charge in [-0.25, -0.2) is 0 Å². The van der Waals surface area contributed by atoms with Crippen LogP contribution in [0.25, 0.3) is 0 Å². The van der Waals surface area contributed by atoms with Gasteiger partial charge in [-0.3, -0.25) is 0 Å². The van der Waals surface area contributed by atoms with Crippen molar-refractivity contribution in [1.82, 2.24) is 0 Å². The van der Waals surface area contributed by atoms with E-state index < -0.39 is 0 Å². The molecule has 2 rings (SSSR count). The maximum absolute atomic E-state index is 2.35. The van der Waals surface area contributed by atoms with Crippen LogP contribution in [0.4, 0.5) is 0 Å². The normalized spacial score (nSPS) is 28.8. The molecule has 0 fully saturated rings. The lowest BCUT2D eigenvalue weighted by molar-refractivity contribution is 0.435. The van der Waals surface area contributed by atoms with Gasteiger partial charge in [-0.1, -0.05) is 31.6 Å². The van der Waals surface area contributed by atoms with Gasteiger partial charge in [0.15, 0.2) is 0 Å². The Balaban J connectivity index is 2.19. The van der Waals surface area contributed by atoms with Crippen LogP contribution >= 0.6 is 0 Å². The Morgan fingerprint density at radius 2 is 2.27 bits per heavy atom. The molecule has 1 atom stereocenters. The summed E-state index contributed by atoms with van der Waals surface area (Å²) in [5.74, 6) is 1.75. The van der Waals surface area contributed by atoms with E-state index in [4.69, 9.17) is 0 Å². The fourth-order valence-corrected chi connectivity index (χ4v) is 2.42. The summed E-state index contributed by atoms with van der Waals surface area (Å²) in [6.07, 6.45) is 8.65.